The minimum atomic E-state index is -4.08. The number of nitrogens with zero attached hydrogens (tertiary/aromatic N) is 2. The Morgan fingerprint density at radius 3 is 2.15 bits per heavy atom. The molecule has 0 aliphatic heterocycles. The molecule has 0 unspecified atom stereocenters. The number of hydrogen-bond donors (Lipinski definition) is 1. The molecule has 0 aliphatic carbocycles. The Labute approximate surface area is 234 Å². The molecule has 0 radical (unpaired) electrons. The van der Waals surface area contributed by atoms with Crippen molar-refractivity contribution in [3.8, 4) is 11.5 Å². The highest BCUT2D eigenvalue weighted by Crippen LogP contribution is 2.32. The van der Waals surface area contributed by atoms with Crippen molar-refractivity contribution >= 4 is 27.8 Å². The maximum absolute atomic E-state index is 13.6. The van der Waals surface area contributed by atoms with Gasteiger partial charge in [-0.15, -0.1) is 0 Å². The number of hydrazone groups is 1. The summed E-state index contributed by atoms with van der Waals surface area (Å²) in [5.74, 6) is 0.408. The lowest BCUT2D eigenvalue weighted by atomic mass is 10.2. The first kappa shape index (κ1) is 28.4. The first-order valence-electron chi connectivity index (χ1n) is 12.6. The van der Waals surface area contributed by atoms with E-state index in [4.69, 9.17) is 9.47 Å². The minimum absolute atomic E-state index is 0.0602. The molecular formula is C31H31N3O5S. The maximum atomic E-state index is 13.6. The third-order valence-electron chi connectivity index (χ3n) is 6.06. The van der Waals surface area contributed by atoms with E-state index in [-0.39, 0.29) is 10.6 Å². The summed E-state index contributed by atoms with van der Waals surface area (Å²) in [4.78, 5) is 12.9. The number of aryl methyl sites for hydroxylation is 2. The van der Waals surface area contributed by atoms with Crippen LogP contribution in [0, 0.1) is 13.8 Å². The third kappa shape index (κ3) is 7.27. The summed E-state index contributed by atoms with van der Waals surface area (Å²) < 4.78 is 39.4. The molecule has 0 aliphatic rings. The van der Waals surface area contributed by atoms with Crippen LogP contribution in [0.4, 0.5) is 5.69 Å². The lowest BCUT2D eigenvalue weighted by Crippen LogP contribution is -2.39. The van der Waals surface area contributed by atoms with Crippen LogP contribution in [0.2, 0.25) is 0 Å². The molecular weight excluding hydrogens is 526 g/mol. The number of anilines is 1. The number of carbonyl (C=O) groups excluding carboxylic acids is 1. The van der Waals surface area contributed by atoms with Crippen molar-refractivity contribution in [2.75, 3.05) is 18.0 Å². The standard InChI is InChI=1S/C31H31N3O5S/c1-23-8-12-26(13-9-23)22-39-27-16-14-25(15-17-27)20-32-33-31(35)21-34(29-6-4-5-7-30(29)38-3)40(36,37)28-18-10-24(2)11-19-28/h4-20H,21-22H2,1-3H3,(H,33,35)/b32-20+. The second-order valence-corrected chi connectivity index (χ2v) is 11.0. The molecule has 0 aromatic heterocycles. The Kier molecular flexibility index (Phi) is 9.19. The van der Waals surface area contributed by atoms with E-state index in [0.717, 1.165) is 21.0 Å². The van der Waals surface area contributed by atoms with Crippen molar-refractivity contribution in [2.24, 2.45) is 5.10 Å². The van der Waals surface area contributed by atoms with Crippen LogP contribution < -0.4 is 19.2 Å². The van der Waals surface area contributed by atoms with E-state index < -0.39 is 22.5 Å². The van der Waals surface area contributed by atoms with Crippen molar-refractivity contribution in [1.29, 1.82) is 0 Å². The molecule has 8 nitrogen and oxygen atoms in total. The van der Waals surface area contributed by atoms with Crippen molar-refractivity contribution in [1.82, 2.24) is 5.43 Å². The Morgan fingerprint density at radius 2 is 1.50 bits per heavy atom. The van der Waals surface area contributed by atoms with Crippen LogP contribution >= 0.6 is 0 Å². The Hall–Kier alpha value is -4.63. The van der Waals surface area contributed by atoms with Gasteiger partial charge in [0.2, 0.25) is 0 Å². The second-order valence-electron chi connectivity index (χ2n) is 9.13. The largest absolute Gasteiger partial charge is 0.495 e. The summed E-state index contributed by atoms with van der Waals surface area (Å²) in [5, 5.41) is 4.01. The molecule has 40 heavy (non-hydrogen) atoms. The quantitative estimate of drug-likeness (QED) is 0.201. The van der Waals surface area contributed by atoms with Gasteiger partial charge in [-0.1, -0.05) is 59.7 Å². The van der Waals surface area contributed by atoms with Crippen LogP contribution in [0.3, 0.4) is 0 Å². The highest BCUT2D eigenvalue weighted by molar-refractivity contribution is 7.92. The van der Waals surface area contributed by atoms with Crippen LogP contribution in [-0.2, 0) is 21.4 Å². The van der Waals surface area contributed by atoms with Crippen LogP contribution in [0.5, 0.6) is 11.5 Å². The Balaban J connectivity index is 1.43. The van der Waals surface area contributed by atoms with Crippen LogP contribution in [0.1, 0.15) is 22.3 Å². The minimum Gasteiger partial charge on any atom is -0.495 e. The molecule has 4 aromatic rings. The predicted octanol–water partition coefficient (Wildman–Crippen LogP) is 5.24. The van der Waals surface area contributed by atoms with Crippen molar-refractivity contribution < 1.29 is 22.7 Å². The summed E-state index contributed by atoms with van der Waals surface area (Å²) in [7, 11) is -2.64. The number of hydrogen-bond acceptors (Lipinski definition) is 6. The fourth-order valence-electron chi connectivity index (χ4n) is 3.82. The predicted molar refractivity (Wildman–Crippen MR) is 156 cm³/mol. The molecule has 4 aromatic carbocycles. The number of methoxy groups -OCH3 is 1. The van der Waals surface area contributed by atoms with Gasteiger partial charge in [0.1, 0.15) is 24.7 Å². The summed E-state index contributed by atoms with van der Waals surface area (Å²) in [5.41, 5.74) is 6.58. The number of para-hydroxylation sites is 2. The van der Waals surface area contributed by atoms with Gasteiger partial charge in [0.05, 0.1) is 23.9 Å². The van der Waals surface area contributed by atoms with Crippen LogP contribution in [0.25, 0.3) is 0 Å². The normalized spacial score (nSPS) is 11.3. The average Bonchev–Trinajstić information content (AvgIpc) is 2.96. The first-order chi connectivity index (χ1) is 19.3. The van der Waals surface area contributed by atoms with E-state index >= 15 is 0 Å². The number of benzene rings is 4. The molecule has 206 valence electrons. The number of rotatable bonds is 11. The second kappa shape index (κ2) is 12.9. The molecule has 0 heterocycles. The fourth-order valence-corrected chi connectivity index (χ4v) is 5.25. The Bertz CT molecular complexity index is 1570. The van der Waals surface area contributed by atoms with Gasteiger partial charge in [-0.2, -0.15) is 5.10 Å². The molecule has 0 fully saturated rings. The monoisotopic (exact) mass is 557 g/mol. The first-order valence-corrected chi connectivity index (χ1v) is 14.0. The highest BCUT2D eigenvalue weighted by Gasteiger charge is 2.29. The van der Waals surface area contributed by atoms with E-state index in [1.54, 1.807) is 36.4 Å². The topological polar surface area (TPSA) is 97.3 Å². The van der Waals surface area contributed by atoms with Gasteiger partial charge in [-0.25, -0.2) is 13.8 Å². The van der Waals surface area contributed by atoms with Gasteiger partial charge >= 0.3 is 0 Å². The molecule has 1 N–H and O–H groups in total. The van der Waals surface area contributed by atoms with E-state index in [9.17, 15) is 13.2 Å². The summed E-state index contributed by atoms with van der Waals surface area (Å²) >= 11 is 0. The molecule has 0 spiro atoms. The summed E-state index contributed by atoms with van der Waals surface area (Å²) in [6.07, 6.45) is 1.48. The van der Waals surface area contributed by atoms with Crippen LogP contribution in [0.15, 0.2) is 107 Å². The van der Waals surface area contributed by atoms with E-state index in [1.807, 2.05) is 62.4 Å². The van der Waals surface area contributed by atoms with E-state index in [1.165, 1.54) is 31.0 Å². The summed E-state index contributed by atoms with van der Waals surface area (Å²) in [6, 6.07) is 28.4. The molecule has 4 rings (SSSR count). The zero-order valence-electron chi connectivity index (χ0n) is 22.6. The average molecular weight is 558 g/mol. The highest BCUT2D eigenvalue weighted by atomic mass is 32.2. The molecule has 1 amide bonds. The van der Waals surface area contributed by atoms with Crippen LogP contribution in [-0.4, -0.2) is 34.2 Å². The van der Waals surface area contributed by atoms with Gasteiger partial charge in [0.15, 0.2) is 0 Å². The van der Waals surface area contributed by atoms with Gasteiger partial charge in [0.25, 0.3) is 15.9 Å². The number of ether oxygens (including phenoxy) is 2. The van der Waals surface area contributed by atoms with E-state index in [2.05, 4.69) is 10.5 Å². The number of nitrogens with one attached hydrogen (secondary N) is 1. The van der Waals surface area contributed by atoms with Gasteiger partial charge < -0.3 is 9.47 Å². The number of carbonyl (C=O) groups is 1. The lowest BCUT2D eigenvalue weighted by Gasteiger charge is -2.25. The number of amides is 1. The van der Waals surface area contributed by atoms with Gasteiger partial charge in [0, 0.05) is 0 Å². The summed E-state index contributed by atoms with van der Waals surface area (Å²) in [6.45, 7) is 3.86. The fraction of sp³-hybridized carbons (Fsp3) is 0.161. The van der Waals surface area contributed by atoms with Crippen molar-refractivity contribution in [3.05, 3.63) is 119 Å². The smallest absolute Gasteiger partial charge is 0.264 e. The lowest BCUT2D eigenvalue weighted by molar-refractivity contribution is -0.119. The zero-order chi connectivity index (χ0) is 28.5. The zero-order valence-corrected chi connectivity index (χ0v) is 23.4. The number of sulfonamides is 1. The Morgan fingerprint density at radius 1 is 0.875 bits per heavy atom. The molecule has 9 heteroatoms. The molecule has 0 saturated carbocycles. The molecule has 0 atom stereocenters. The third-order valence-corrected chi connectivity index (χ3v) is 7.83. The molecule has 0 saturated heterocycles. The SMILES string of the molecule is COc1ccccc1N(CC(=O)N/N=C/c1ccc(OCc2ccc(C)cc2)cc1)S(=O)(=O)c1ccc(C)cc1. The van der Waals surface area contributed by atoms with Crippen molar-refractivity contribution in [3.63, 3.8) is 0 Å². The van der Waals surface area contributed by atoms with Gasteiger partial charge in [-0.05, 0) is 73.5 Å². The molecule has 0 bridgehead atoms. The van der Waals surface area contributed by atoms with Gasteiger partial charge in [-0.3, -0.25) is 9.10 Å². The maximum Gasteiger partial charge on any atom is 0.264 e. The van der Waals surface area contributed by atoms with E-state index in [0.29, 0.717) is 18.1 Å². The van der Waals surface area contributed by atoms with Crippen molar-refractivity contribution in [2.45, 2.75) is 25.3 Å².